The fourth-order valence-electron chi connectivity index (χ4n) is 4.04. The molecule has 0 spiro atoms. The molecule has 1 aliphatic rings. The lowest BCUT2D eigenvalue weighted by atomic mass is 9.95. The Labute approximate surface area is 201 Å². The molecule has 6 nitrogen and oxygen atoms in total. The normalized spacial score (nSPS) is 15.5. The highest BCUT2D eigenvalue weighted by Gasteiger charge is 2.33. The van der Waals surface area contributed by atoms with Crippen LogP contribution in [0.3, 0.4) is 0 Å². The van der Waals surface area contributed by atoms with E-state index in [1.165, 1.54) is 11.1 Å². The number of nitrogens with one attached hydrogen (secondary N) is 1. The third-order valence-electron chi connectivity index (χ3n) is 5.65. The standard InChI is InChI=1S/C26H25BrN4O2/c1-16(24-22-12-7-19(25(28)32)13-23(22)30-26(24)33)29-21-10-5-18(6-11-21)15-31(2)14-17-3-8-20(27)9-4-17/h3-13,24H,14-15H2,1-2H3,(H2,28,32)(H,30,33). The summed E-state index contributed by atoms with van der Waals surface area (Å²) in [5.41, 5.74) is 11.1. The van der Waals surface area contributed by atoms with Crippen molar-refractivity contribution in [2.45, 2.75) is 25.9 Å². The van der Waals surface area contributed by atoms with E-state index in [-0.39, 0.29) is 5.91 Å². The van der Waals surface area contributed by atoms with Gasteiger partial charge < -0.3 is 11.1 Å². The summed E-state index contributed by atoms with van der Waals surface area (Å²) in [5.74, 6) is -1.17. The van der Waals surface area contributed by atoms with Gasteiger partial charge in [0.15, 0.2) is 0 Å². The quantitative estimate of drug-likeness (QED) is 0.443. The van der Waals surface area contributed by atoms with Gasteiger partial charge in [0, 0.05) is 34.5 Å². The van der Waals surface area contributed by atoms with E-state index >= 15 is 0 Å². The molecule has 3 N–H and O–H groups in total. The number of carbonyl (C=O) groups is 2. The summed E-state index contributed by atoms with van der Waals surface area (Å²) in [6.45, 7) is 3.53. The Balaban J connectivity index is 1.44. The van der Waals surface area contributed by atoms with E-state index in [4.69, 9.17) is 10.7 Å². The van der Waals surface area contributed by atoms with Crippen LogP contribution in [0, 0.1) is 0 Å². The zero-order valence-electron chi connectivity index (χ0n) is 18.5. The van der Waals surface area contributed by atoms with Crippen molar-refractivity contribution in [3.05, 3.63) is 93.5 Å². The summed E-state index contributed by atoms with van der Waals surface area (Å²) in [6.07, 6.45) is 0. The minimum atomic E-state index is -0.525. The smallest absolute Gasteiger partial charge is 0.248 e. The molecule has 0 saturated carbocycles. The Morgan fingerprint density at radius 2 is 1.64 bits per heavy atom. The second-order valence-corrected chi connectivity index (χ2v) is 9.22. The largest absolute Gasteiger partial charge is 0.366 e. The lowest BCUT2D eigenvalue weighted by Crippen LogP contribution is -2.18. The third-order valence-corrected chi connectivity index (χ3v) is 6.18. The van der Waals surface area contributed by atoms with Gasteiger partial charge in [-0.2, -0.15) is 0 Å². The predicted molar refractivity (Wildman–Crippen MR) is 135 cm³/mol. The summed E-state index contributed by atoms with van der Waals surface area (Å²) < 4.78 is 1.08. The van der Waals surface area contributed by atoms with E-state index in [0.717, 1.165) is 28.8 Å². The molecule has 3 aromatic carbocycles. The van der Waals surface area contributed by atoms with Crippen molar-refractivity contribution < 1.29 is 9.59 Å². The van der Waals surface area contributed by atoms with E-state index < -0.39 is 11.8 Å². The van der Waals surface area contributed by atoms with Gasteiger partial charge in [-0.3, -0.25) is 19.5 Å². The fourth-order valence-corrected chi connectivity index (χ4v) is 4.31. The van der Waals surface area contributed by atoms with E-state index in [1.54, 1.807) is 18.2 Å². The number of primary amides is 1. The van der Waals surface area contributed by atoms with E-state index in [1.807, 2.05) is 19.1 Å². The maximum absolute atomic E-state index is 12.6. The molecule has 1 aliphatic heterocycles. The molecule has 1 unspecified atom stereocenters. The average molecular weight is 505 g/mol. The van der Waals surface area contributed by atoms with E-state index in [9.17, 15) is 9.59 Å². The number of carbonyl (C=O) groups excluding carboxylic acids is 2. The van der Waals surface area contributed by atoms with Crippen LogP contribution >= 0.6 is 15.9 Å². The first-order valence-corrected chi connectivity index (χ1v) is 11.4. The second kappa shape index (κ2) is 9.68. The summed E-state index contributed by atoms with van der Waals surface area (Å²) in [5, 5.41) is 2.83. The molecule has 2 amide bonds. The number of hydrogen-bond donors (Lipinski definition) is 2. The van der Waals surface area contributed by atoms with Gasteiger partial charge in [-0.1, -0.05) is 46.3 Å². The predicted octanol–water partition coefficient (Wildman–Crippen LogP) is 5.01. The molecule has 0 aliphatic carbocycles. The Bertz CT molecular complexity index is 1220. The van der Waals surface area contributed by atoms with Crippen LogP contribution in [0.25, 0.3) is 0 Å². The first-order chi connectivity index (χ1) is 15.8. The molecule has 1 atom stereocenters. The molecule has 0 aromatic heterocycles. The van der Waals surface area contributed by atoms with Crippen LogP contribution in [0.5, 0.6) is 0 Å². The molecule has 33 heavy (non-hydrogen) atoms. The number of amides is 2. The number of aliphatic imine (C=N–C) groups is 1. The van der Waals surface area contributed by atoms with Gasteiger partial charge in [-0.25, -0.2) is 0 Å². The molecule has 0 bridgehead atoms. The Morgan fingerprint density at radius 1 is 1.03 bits per heavy atom. The van der Waals surface area contributed by atoms with Crippen molar-refractivity contribution in [1.29, 1.82) is 0 Å². The highest BCUT2D eigenvalue weighted by molar-refractivity contribution is 9.10. The number of rotatable bonds is 7. The number of nitrogens with zero attached hydrogens (tertiary/aromatic N) is 2. The number of hydrogen-bond acceptors (Lipinski definition) is 4. The molecular formula is C26H25BrN4O2. The van der Waals surface area contributed by atoms with Crippen LogP contribution in [0.1, 0.15) is 39.9 Å². The fraction of sp³-hybridized carbons (Fsp3) is 0.192. The summed E-state index contributed by atoms with van der Waals surface area (Å²) >= 11 is 3.47. The number of halogens is 1. The SMILES string of the molecule is CC(=Nc1ccc(CN(C)Cc2ccc(Br)cc2)cc1)C1C(=O)Nc2cc(C(N)=O)ccc21. The first kappa shape index (κ1) is 22.9. The number of fused-ring (bicyclic) bond motifs is 1. The highest BCUT2D eigenvalue weighted by atomic mass is 79.9. The lowest BCUT2D eigenvalue weighted by molar-refractivity contribution is -0.115. The maximum atomic E-state index is 12.6. The van der Waals surface area contributed by atoms with Gasteiger partial charge in [0.25, 0.3) is 0 Å². The van der Waals surface area contributed by atoms with Crippen molar-refractivity contribution >= 4 is 44.8 Å². The van der Waals surface area contributed by atoms with Crippen molar-refractivity contribution in [3.63, 3.8) is 0 Å². The van der Waals surface area contributed by atoms with Gasteiger partial charge in [-0.05, 0) is 67.1 Å². The number of nitrogens with two attached hydrogens (primary N) is 1. The van der Waals surface area contributed by atoms with Crippen LogP contribution < -0.4 is 11.1 Å². The van der Waals surface area contributed by atoms with Gasteiger partial charge in [0.2, 0.25) is 11.8 Å². The van der Waals surface area contributed by atoms with Crippen molar-refractivity contribution in [2.75, 3.05) is 12.4 Å². The summed E-state index contributed by atoms with van der Waals surface area (Å²) in [7, 11) is 2.10. The molecule has 0 saturated heterocycles. The number of benzene rings is 3. The molecule has 1 heterocycles. The molecule has 7 heteroatoms. The minimum absolute atomic E-state index is 0.154. The molecule has 0 radical (unpaired) electrons. The van der Waals surface area contributed by atoms with Crippen LogP contribution in [-0.2, 0) is 17.9 Å². The van der Waals surface area contributed by atoms with E-state index in [2.05, 4.69) is 69.6 Å². The van der Waals surface area contributed by atoms with Gasteiger partial charge >= 0.3 is 0 Å². The van der Waals surface area contributed by atoms with Crippen LogP contribution in [0.15, 0.2) is 76.2 Å². The van der Waals surface area contributed by atoms with Crippen molar-refractivity contribution in [1.82, 2.24) is 4.90 Å². The van der Waals surface area contributed by atoms with Crippen molar-refractivity contribution in [3.8, 4) is 0 Å². The molecular weight excluding hydrogens is 480 g/mol. The van der Waals surface area contributed by atoms with Gasteiger partial charge in [0.1, 0.15) is 5.92 Å². The minimum Gasteiger partial charge on any atom is -0.366 e. The van der Waals surface area contributed by atoms with E-state index in [0.29, 0.717) is 17.0 Å². The van der Waals surface area contributed by atoms with Crippen LogP contribution in [0.4, 0.5) is 11.4 Å². The summed E-state index contributed by atoms with van der Waals surface area (Å²) in [4.78, 5) is 30.9. The Kier molecular flexibility index (Phi) is 6.72. The highest BCUT2D eigenvalue weighted by Crippen LogP contribution is 2.35. The zero-order chi connectivity index (χ0) is 23.5. The zero-order valence-corrected chi connectivity index (χ0v) is 20.1. The van der Waals surface area contributed by atoms with Gasteiger partial charge in [-0.15, -0.1) is 0 Å². The topological polar surface area (TPSA) is 87.8 Å². The summed E-state index contributed by atoms with van der Waals surface area (Å²) in [6, 6.07) is 21.4. The molecule has 168 valence electrons. The molecule has 0 fully saturated rings. The van der Waals surface area contributed by atoms with Gasteiger partial charge in [0.05, 0.1) is 5.69 Å². The van der Waals surface area contributed by atoms with Crippen LogP contribution in [-0.4, -0.2) is 29.5 Å². The molecule has 4 rings (SSSR count). The first-order valence-electron chi connectivity index (χ1n) is 10.6. The third kappa shape index (κ3) is 5.38. The van der Waals surface area contributed by atoms with Crippen molar-refractivity contribution in [2.24, 2.45) is 10.7 Å². The molecule has 3 aromatic rings. The Hall–Kier alpha value is -3.29. The lowest BCUT2D eigenvalue weighted by Gasteiger charge is -2.17. The Morgan fingerprint density at radius 3 is 2.24 bits per heavy atom. The average Bonchev–Trinajstić information content (AvgIpc) is 3.11. The monoisotopic (exact) mass is 504 g/mol. The maximum Gasteiger partial charge on any atom is 0.248 e. The second-order valence-electron chi connectivity index (χ2n) is 8.31. The van der Waals surface area contributed by atoms with Crippen LogP contribution in [0.2, 0.25) is 0 Å². The number of anilines is 1.